The molecule has 0 fully saturated rings. The third kappa shape index (κ3) is 2.07. The quantitative estimate of drug-likeness (QED) is 0.931. The van der Waals surface area contributed by atoms with E-state index in [9.17, 15) is 0 Å². The molecule has 0 saturated carbocycles. The zero-order valence-corrected chi connectivity index (χ0v) is 10.1. The molecule has 0 saturated heterocycles. The number of nitrogens with two attached hydrogens (primary N) is 1. The van der Waals surface area contributed by atoms with Crippen LogP contribution in [0.4, 0.5) is 0 Å². The number of benzene rings is 1. The maximum absolute atomic E-state index is 6.02. The molecule has 1 atom stereocenters. The van der Waals surface area contributed by atoms with Crippen LogP contribution >= 0.6 is 15.9 Å². The highest BCUT2D eigenvalue weighted by atomic mass is 79.9. The Balaban J connectivity index is 2.42. The van der Waals surface area contributed by atoms with Crippen LogP contribution in [0.15, 0.2) is 33.6 Å². The van der Waals surface area contributed by atoms with Gasteiger partial charge in [-0.15, -0.1) is 0 Å². The molecule has 0 amide bonds. The maximum atomic E-state index is 6.02. The van der Waals surface area contributed by atoms with E-state index in [1.165, 1.54) is 6.39 Å². The Hall–Kier alpha value is -1.40. The summed E-state index contributed by atoms with van der Waals surface area (Å²) in [6.45, 7) is 0. The zero-order chi connectivity index (χ0) is 11.5. The first-order chi connectivity index (χ1) is 7.72. The molecule has 0 aliphatic carbocycles. The largest absolute Gasteiger partial charge is 0.496 e. The van der Waals surface area contributed by atoms with Crippen LogP contribution in [0, 0.1) is 0 Å². The summed E-state index contributed by atoms with van der Waals surface area (Å²) in [5.41, 5.74) is 6.82. The van der Waals surface area contributed by atoms with Gasteiger partial charge in [0.1, 0.15) is 5.75 Å². The van der Waals surface area contributed by atoms with E-state index in [1.54, 1.807) is 7.11 Å². The lowest BCUT2D eigenvalue weighted by atomic mass is 10.1. The molecule has 1 unspecified atom stereocenters. The van der Waals surface area contributed by atoms with Gasteiger partial charge in [0.2, 0.25) is 6.39 Å². The van der Waals surface area contributed by atoms with Crippen LogP contribution in [-0.2, 0) is 0 Å². The van der Waals surface area contributed by atoms with Crippen molar-refractivity contribution in [2.75, 3.05) is 7.11 Å². The number of ether oxygens (including phenoxy) is 1. The van der Waals surface area contributed by atoms with Crippen molar-refractivity contribution in [1.82, 2.24) is 10.1 Å². The van der Waals surface area contributed by atoms with E-state index in [1.807, 2.05) is 18.2 Å². The van der Waals surface area contributed by atoms with Crippen LogP contribution in [0.3, 0.4) is 0 Å². The summed E-state index contributed by atoms with van der Waals surface area (Å²) >= 11 is 3.38. The van der Waals surface area contributed by atoms with Crippen molar-refractivity contribution in [3.05, 3.63) is 40.5 Å². The molecule has 2 N–H and O–H groups in total. The van der Waals surface area contributed by atoms with Crippen molar-refractivity contribution in [3.63, 3.8) is 0 Å². The minimum Gasteiger partial charge on any atom is -0.496 e. The summed E-state index contributed by atoms with van der Waals surface area (Å²) in [6, 6.07) is 5.12. The molecule has 1 aromatic carbocycles. The number of hydrogen-bond donors (Lipinski definition) is 1. The second kappa shape index (κ2) is 4.63. The molecular formula is C10H10BrN3O2. The van der Waals surface area contributed by atoms with Gasteiger partial charge >= 0.3 is 0 Å². The Bertz CT molecular complexity index is 473. The van der Waals surface area contributed by atoms with Gasteiger partial charge in [-0.3, -0.25) is 0 Å². The fourth-order valence-electron chi connectivity index (χ4n) is 1.40. The van der Waals surface area contributed by atoms with E-state index in [0.717, 1.165) is 10.0 Å². The molecule has 6 heteroatoms. The van der Waals surface area contributed by atoms with Gasteiger partial charge in [-0.05, 0) is 18.2 Å². The van der Waals surface area contributed by atoms with Crippen LogP contribution in [-0.4, -0.2) is 17.3 Å². The predicted octanol–water partition coefficient (Wildman–Crippen LogP) is 1.89. The van der Waals surface area contributed by atoms with Gasteiger partial charge < -0.3 is 15.0 Å². The number of nitrogens with zero attached hydrogens (tertiary/aromatic N) is 2. The summed E-state index contributed by atoms with van der Waals surface area (Å²) in [7, 11) is 1.59. The number of methoxy groups -OCH3 is 1. The van der Waals surface area contributed by atoms with Crippen LogP contribution in [0.25, 0.3) is 0 Å². The molecule has 0 aliphatic heterocycles. The standard InChI is InChI=1S/C10H10BrN3O2/c1-15-8-3-2-6(11)4-7(8)9(12)10-13-5-16-14-10/h2-5,9H,12H2,1H3. The molecule has 16 heavy (non-hydrogen) atoms. The lowest BCUT2D eigenvalue weighted by Crippen LogP contribution is -2.14. The van der Waals surface area contributed by atoms with Crippen LogP contribution in [0.2, 0.25) is 0 Å². The average Bonchev–Trinajstić information content (AvgIpc) is 2.81. The topological polar surface area (TPSA) is 74.2 Å². The van der Waals surface area contributed by atoms with E-state index >= 15 is 0 Å². The SMILES string of the molecule is COc1ccc(Br)cc1C(N)c1ncon1. The third-order valence-corrected chi connectivity index (χ3v) is 2.68. The van der Waals surface area contributed by atoms with Gasteiger partial charge in [-0.2, -0.15) is 4.98 Å². The van der Waals surface area contributed by atoms with Gasteiger partial charge in [0.05, 0.1) is 13.2 Å². The Kier molecular flexibility index (Phi) is 3.21. The van der Waals surface area contributed by atoms with Gasteiger partial charge in [0.15, 0.2) is 5.82 Å². The number of hydrogen-bond acceptors (Lipinski definition) is 5. The van der Waals surface area contributed by atoms with E-state index in [0.29, 0.717) is 11.6 Å². The molecule has 84 valence electrons. The Morgan fingerprint density at radius 1 is 1.50 bits per heavy atom. The monoisotopic (exact) mass is 283 g/mol. The molecule has 1 heterocycles. The molecule has 0 bridgehead atoms. The Morgan fingerprint density at radius 2 is 2.31 bits per heavy atom. The molecule has 0 aliphatic rings. The highest BCUT2D eigenvalue weighted by Crippen LogP contribution is 2.29. The molecule has 5 nitrogen and oxygen atoms in total. The summed E-state index contributed by atoms with van der Waals surface area (Å²) < 4.78 is 10.8. The number of halogens is 1. The highest BCUT2D eigenvalue weighted by molar-refractivity contribution is 9.10. The summed E-state index contributed by atoms with van der Waals surface area (Å²) in [4.78, 5) is 3.92. The van der Waals surface area contributed by atoms with Crippen molar-refractivity contribution >= 4 is 15.9 Å². The predicted molar refractivity (Wildman–Crippen MR) is 61.0 cm³/mol. The second-order valence-corrected chi connectivity index (χ2v) is 4.07. The van der Waals surface area contributed by atoms with Crippen molar-refractivity contribution in [2.45, 2.75) is 6.04 Å². The molecular weight excluding hydrogens is 274 g/mol. The highest BCUT2D eigenvalue weighted by Gasteiger charge is 2.18. The summed E-state index contributed by atoms with van der Waals surface area (Å²) in [5, 5.41) is 3.72. The number of aromatic nitrogens is 2. The zero-order valence-electron chi connectivity index (χ0n) is 8.55. The minimum atomic E-state index is -0.466. The fourth-order valence-corrected chi connectivity index (χ4v) is 1.78. The lowest BCUT2D eigenvalue weighted by Gasteiger charge is -2.12. The van der Waals surface area contributed by atoms with Crippen LogP contribution in [0.5, 0.6) is 5.75 Å². The third-order valence-electron chi connectivity index (χ3n) is 2.18. The number of rotatable bonds is 3. The summed E-state index contributed by atoms with van der Waals surface area (Å²) in [5.74, 6) is 1.12. The average molecular weight is 284 g/mol. The van der Waals surface area contributed by atoms with E-state index in [4.69, 9.17) is 10.5 Å². The van der Waals surface area contributed by atoms with E-state index in [-0.39, 0.29) is 0 Å². The molecule has 2 rings (SSSR count). The lowest BCUT2D eigenvalue weighted by molar-refractivity contribution is 0.398. The molecule has 0 spiro atoms. The Labute approximate surface area is 101 Å². The first-order valence-electron chi connectivity index (χ1n) is 4.57. The normalized spacial score (nSPS) is 12.4. The van der Waals surface area contributed by atoms with Crippen LogP contribution < -0.4 is 10.5 Å². The first kappa shape index (κ1) is 11.1. The fraction of sp³-hybridized carbons (Fsp3) is 0.200. The molecule has 1 aromatic heterocycles. The first-order valence-corrected chi connectivity index (χ1v) is 5.37. The van der Waals surface area contributed by atoms with E-state index < -0.39 is 6.04 Å². The molecule has 0 radical (unpaired) electrons. The Morgan fingerprint density at radius 3 is 2.94 bits per heavy atom. The van der Waals surface area contributed by atoms with Gasteiger partial charge in [-0.25, -0.2) is 0 Å². The second-order valence-electron chi connectivity index (χ2n) is 3.15. The smallest absolute Gasteiger partial charge is 0.213 e. The van der Waals surface area contributed by atoms with Crippen molar-refractivity contribution in [3.8, 4) is 5.75 Å². The van der Waals surface area contributed by atoms with Gasteiger partial charge in [0, 0.05) is 10.0 Å². The van der Waals surface area contributed by atoms with Crippen molar-refractivity contribution in [1.29, 1.82) is 0 Å². The van der Waals surface area contributed by atoms with Crippen molar-refractivity contribution < 1.29 is 9.26 Å². The van der Waals surface area contributed by atoms with Gasteiger partial charge in [0.25, 0.3) is 0 Å². The van der Waals surface area contributed by atoms with Crippen LogP contribution in [0.1, 0.15) is 17.4 Å². The maximum Gasteiger partial charge on any atom is 0.213 e. The van der Waals surface area contributed by atoms with Gasteiger partial charge in [-0.1, -0.05) is 21.1 Å². The van der Waals surface area contributed by atoms with E-state index in [2.05, 4.69) is 30.6 Å². The summed E-state index contributed by atoms with van der Waals surface area (Å²) in [6.07, 6.45) is 1.25. The minimum absolute atomic E-state index is 0.427. The molecule has 2 aromatic rings. The van der Waals surface area contributed by atoms with Crippen molar-refractivity contribution in [2.24, 2.45) is 5.73 Å².